The number of hydrogen-bond donors (Lipinski definition) is 1. The molecule has 0 saturated heterocycles. The van der Waals surface area contributed by atoms with Crippen LogP contribution < -0.4 is 5.32 Å². The fourth-order valence-corrected chi connectivity index (χ4v) is 2.11. The highest BCUT2D eigenvalue weighted by atomic mass is 16.7. The second-order valence-electron chi connectivity index (χ2n) is 3.72. The summed E-state index contributed by atoms with van der Waals surface area (Å²) in [6.07, 6.45) is 3.95. The summed E-state index contributed by atoms with van der Waals surface area (Å²) in [6.45, 7) is 1.52. The van der Waals surface area contributed by atoms with Gasteiger partial charge in [0.25, 0.3) is 0 Å². The number of methoxy groups -OCH3 is 2. The van der Waals surface area contributed by atoms with Crippen LogP contribution in [0.15, 0.2) is 0 Å². The maximum atomic E-state index is 11.0. The van der Waals surface area contributed by atoms with Crippen LogP contribution in [0.2, 0.25) is 0 Å². The second-order valence-corrected chi connectivity index (χ2v) is 3.72. The first-order valence-corrected chi connectivity index (χ1v) is 5.02. The fourth-order valence-electron chi connectivity index (χ4n) is 2.11. The molecule has 1 fully saturated rings. The van der Waals surface area contributed by atoms with Gasteiger partial charge in [0.05, 0.1) is 6.04 Å². The van der Waals surface area contributed by atoms with Gasteiger partial charge in [0.1, 0.15) is 0 Å². The smallest absolute Gasteiger partial charge is 0.217 e. The quantitative estimate of drug-likeness (QED) is 0.694. The third-order valence-electron chi connectivity index (χ3n) is 2.87. The molecule has 0 heterocycles. The van der Waals surface area contributed by atoms with Gasteiger partial charge in [0.15, 0.2) is 5.79 Å². The summed E-state index contributed by atoms with van der Waals surface area (Å²) in [5.41, 5.74) is 0. The Hall–Kier alpha value is -0.610. The molecule has 0 aromatic heterocycles. The summed E-state index contributed by atoms with van der Waals surface area (Å²) in [5.74, 6) is -0.653. The summed E-state index contributed by atoms with van der Waals surface area (Å²) in [6, 6.07) is -0.0243. The summed E-state index contributed by atoms with van der Waals surface area (Å²) >= 11 is 0. The van der Waals surface area contributed by atoms with Crippen LogP contribution >= 0.6 is 0 Å². The van der Waals surface area contributed by atoms with Crippen molar-refractivity contribution in [3.05, 3.63) is 0 Å². The zero-order valence-corrected chi connectivity index (χ0v) is 9.13. The van der Waals surface area contributed by atoms with E-state index in [1.165, 1.54) is 6.92 Å². The molecule has 1 aliphatic carbocycles. The van der Waals surface area contributed by atoms with Crippen LogP contribution in [-0.4, -0.2) is 32.0 Å². The van der Waals surface area contributed by atoms with Crippen molar-refractivity contribution in [3.63, 3.8) is 0 Å². The van der Waals surface area contributed by atoms with Gasteiger partial charge in [-0.2, -0.15) is 0 Å². The second kappa shape index (κ2) is 4.75. The molecule has 4 nitrogen and oxygen atoms in total. The van der Waals surface area contributed by atoms with E-state index in [9.17, 15) is 4.79 Å². The standard InChI is InChI=1S/C10H19NO3/c1-8(12)11-9-6-4-5-7-10(9,13-2)14-3/h9H,4-7H2,1-3H3,(H,11,12). The molecule has 0 aromatic rings. The Morgan fingerprint density at radius 3 is 2.50 bits per heavy atom. The highest BCUT2D eigenvalue weighted by molar-refractivity contribution is 5.73. The van der Waals surface area contributed by atoms with E-state index in [1.54, 1.807) is 14.2 Å². The third-order valence-corrected chi connectivity index (χ3v) is 2.87. The molecule has 4 heteroatoms. The number of rotatable bonds is 3. The molecule has 1 aliphatic rings. The highest BCUT2D eigenvalue weighted by Crippen LogP contribution is 2.31. The molecule has 14 heavy (non-hydrogen) atoms. The van der Waals surface area contributed by atoms with Crippen molar-refractivity contribution >= 4 is 5.91 Å². The van der Waals surface area contributed by atoms with Gasteiger partial charge in [0.2, 0.25) is 5.91 Å². The fraction of sp³-hybridized carbons (Fsp3) is 0.900. The van der Waals surface area contributed by atoms with Gasteiger partial charge >= 0.3 is 0 Å². The van der Waals surface area contributed by atoms with Crippen molar-refractivity contribution in [1.29, 1.82) is 0 Å². The predicted octanol–water partition coefficient (Wildman–Crippen LogP) is 1.05. The molecule has 1 rings (SSSR count). The maximum absolute atomic E-state index is 11.0. The summed E-state index contributed by atoms with van der Waals surface area (Å²) in [5, 5.41) is 2.89. The zero-order valence-electron chi connectivity index (χ0n) is 9.13. The Kier molecular flexibility index (Phi) is 3.89. The molecule has 0 radical (unpaired) electrons. The van der Waals surface area contributed by atoms with Gasteiger partial charge in [-0.05, 0) is 12.8 Å². The molecular formula is C10H19NO3. The monoisotopic (exact) mass is 201 g/mol. The molecule has 1 amide bonds. The van der Waals surface area contributed by atoms with Crippen molar-refractivity contribution in [2.75, 3.05) is 14.2 Å². The number of carbonyl (C=O) groups excluding carboxylic acids is 1. The molecule has 1 unspecified atom stereocenters. The van der Waals surface area contributed by atoms with E-state index in [0.29, 0.717) is 0 Å². The molecular weight excluding hydrogens is 182 g/mol. The first kappa shape index (κ1) is 11.5. The van der Waals surface area contributed by atoms with Crippen LogP contribution in [0.3, 0.4) is 0 Å². The average Bonchev–Trinajstić information content (AvgIpc) is 2.18. The van der Waals surface area contributed by atoms with Crippen LogP contribution in [-0.2, 0) is 14.3 Å². The van der Waals surface area contributed by atoms with E-state index in [4.69, 9.17) is 9.47 Å². The van der Waals surface area contributed by atoms with Crippen molar-refractivity contribution in [2.24, 2.45) is 0 Å². The van der Waals surface area contributed by atoms with Crippen molar-refractivity contribution < 1.29 is 14.3 Å². The van der Waals surface area contributed by atoms with Crippen LogP contribution in [0.5, 0.6) is 0 Å². The molecule has 82 valence electrons. The Morgan fingerprint density at radius 2 is 2.00 bits per heavy atom. The van der Waals surface area contributed by atoms with Gasteiger partial charge in [0, 0.05) is 27.6 Å². The Balaban J connectivity index is 2.71. The lowest BCUT2D eigenvalue weighted by atomic mass is 9.88. The number of amides is 1. The van der Waals surface area contributed by atoms with Gasteiger partial charge in [-0.25, -0.2) is 0 Å². The van der Waals surface area contributed by atoms with Gasteiger partial charge in [-0.15, -0.1) is 0 Å². The van der Waals surface area contributed by atoms with E-state index in [1.807, 2.05) is 0 Å². The van der Waals surface area contributed by atoms with Gasteiger partial charge in [-0.1, -0.05) is 6.42 Å². The van der Waals surface area contributed by atoms with E-state index in [2.05, 4.69) is 5.32 Å². The number of ether oxygens (including phenoxy) is 2. The summed E-state index contributed by atoms with van der Waals surface area (Å²) in [4.78, 5) is 11.0. The molecule has 0 spiro atoms. The minimum absolute atomic E-state index is 0.0243. The topological polar surface area (TPSA) is 47.6 Å². The van der Waals surface area contributed by atoms with E-state index >= 15 is 0 Å². The first-order valence-electron chi connectivity index (χ1n) is 5.02. The van der Waals surface area contributed by atoms with E-state index < -0.39 is 5.79 Å². The SMILES string of the molecule is COC1(OC)CCCCC1NC(C)=O. The van der Waals surface area contributed by atoms with E-state index in [0.717, 1.165) is 25.7 Å². The lowest BCUT2D eigenvalue weighted by molar-refractivity contribution is -0.238. The van der Waals surface area contributed by atoms with Crippen molar-refractivity contribution in [3.8, 4) is 0 Å². The minimum Gasteiger partial charge on any atom is -0.351 e. The molecule has 1 atom stereocenters. The predicted molar refractivity (Wildman–Crippen MR) is 52.8 cm³/mol. The molecule has 1 N–H and O–H groups in total. The average molecular weight is 201 g/mol. The van der Waals surface area contributed by atoms with Crippen molar-refractivity contribution in [2.45, 2.75) is 44.4 Å². The van der Waals surface area contributed by atoms with Gasteiger partial charge in [-0.3, -0.25) is 4.79 Å². The Labute approximate surface area is 85.0 Å². The number of carbonyl (C=O) groups is 1. The molecule has 1 saturated carbocycles. The van der Waals surface area contributed by atoms with Crippen LogP contribution in [0.25, 0.3) is 0 Å². The van der Waals surface area contributed by atoms with E-state index in [-0.39, 0.29) is 11.9 Å². The summed E-state index contributed by atoms with van der Waals surface area (Å²) < 4.78 is 10.8. The third kappa shape index (κ3) is 2.25. The molecule has 0 aliphatic heterocycles. The summed E-state index contributed by atoms with van der Waals surface area (Å²) in [7, 11) is 3.26. The highest BCUT2D eigenvalue weighted by Gasteiger charge is 2.41. The zero-order chi connectivity index (χ0) is 10.6. The number of nitrogens with one attached hydrogen (secondary N) is 1. The Morgan fingerprint density at radius 1 is 1.36 bits per heavy atom. The largest absolute Gasteiger partial charge is 0.351 e. The molecule has 0 aromatic carbocycles. The molecule has 0 bridgehead atoms. The van der Waals surface area contributed by atoms with Crippen LogP contribution in [0.1, 0.15) is 32.6 Å². The lowest BCUT2D eigenvalue weighted by Gasteiger charge is -2.41. The van der Waals surface area contributed by atoms with Crippen LogP contribution in [0.4, 0.5) is 0 Å². The Bertz CT molecular complexity index is 202. The van der Waals surface area contributed by atoms with Crippen LogP contribution in [0, 0.1) is 0 Å². The number of hydrogen-bond acceptors (Lipinski definition) is 3. The van der Waals surface area contributed by atoms with Gasteiger partial charge < -0.3 is 14.8 Å². The maximum Gasteiger partial charge on any atom is 0.217 e. The lowest BCUT2D eigenvalue weighted by Crippen LogP contribution is -2.56. The normalized spacial score (nSPS) is 25.8. The van der Waals surface area contributed by atoms with Crippen molar-refractivity contribution in [1.82, 2.24) is 5.32 Å². The minimum atomic E-state index is -0.621. The first-order chi connectivity index (χ1) is 6.64.